The molecule has 2 aromatic rings. The second-order valence-electron chi connectivity index (χ2n) is 6.57. The fourth-order valence-electron chi connectivity index (χ4n) is 3.48. The maximum Gasteiger partial charge on any atom is 0.251 e. The van der Waals surface area contributed by atoms with Gasteiger partial charge in [0.1, 0.15) is 11.6 Å². The number of carbonyl (C=O) groups is 1. The topological polar surface area (TPSA) is 67.4 Å². The first-order chi connectivity index (χ1) is 12.3. The number of nitrogens with zero attached hydrogens (tertiary/aromatic N) is 3. The van der Waals surface area contributed by atoms with E-state index in [9.17, 15) is 4.79 Å². The van der Waals surface area contributed by atoms with E-state index in [1.54, 1.807) is 18.6 Å². The van der Waals surface area contributed by atoms with Crippen LogP contribution in [0.2, 0.25) is 0 Å². The predicted octanol–water partition coefficient (Wildman–Crippen LogP) is 2.20. The molecule has 1 saturated heterocycles. The molecule has 0 unspecified atom stereocenters. The largest absolute Gasteiger partial charge is 0.493 e. The average Bonchev–Trinajstić information content (AvgIpc) is 2.69. The Morgan fingerprint density at radius 3 is 2.92 bits per heavy atom. The van der Waals surface area contributed by atoms with Gasteiger partial charge in [-0.15, -0.1) is 0 Å². The number of aromatic nitrogens is 2. The molecule has 0 bridgehead atoms. The SMILES string of the molecule is O=C(NC1CCN(c2cnccn2)CC1)c1ccc2c(c1)CCCO2. The smallest absolute Gasteiger partial charge is 0.251 e. The van der Waals surface area contributed by atoms with Gasteiger partial charge in [0, 0.05) is 37.1 Å². The van der Waals surface area contributed by atoms with Crippen LogP contribution < -0.4 is 15.0 Å². The number of hydrogen-bond donors (Lipinski definition) is 1. The summed E-state index contributed by atoms with van der Waals surface area (Å²) in [6.45, 7) is 2.52. The third-order valence-corrected chi connectivity index (χ3v) is 4.87. The highest BCUT2D eigenvalue weighted by atomic mass is 16.5. The Kier molecular flexibility index (Phi) is 4.50. The lowest BCUT2D eigenvalue weighted by Gasteiger charge is -2.33. The lowest BCUT2D eigenvalue weighted by atomic mass is 10.0. The molecule has 4 rings (SSSR count). The fourth-order valence-corrected chi connectivity index (χ4v) is 3.48. The second-order valence-corrected chi connectivity index (χ2v) is 6.57. The summed E-state index contributed by atoms with van der Waals surface area (Å²) < 4.78 is 5.61. The van der Waals surface area contributed by atoms with E-state index < -0.39 is 0 Å². The molecule has 3 heterocycles. The van der Waals surface area contributed by atoms with Crippen molar-refractivity contribution in [1.82, 2.24) is 15.3 Å². The first-order valence-electron chi connectivity index (χ1n) is 8.87. The number of carbonyl (C=O) groups excluding carboxylic acids is 1. The molecule has 25 heavy (non-hydrogen) atoms. The van der Waals surface area contributed by atoms with Crippen molar-refractivity contribution in [3.63, 3.8) is 0 Å². The molecule has 2 aliphatic rings. The Morgan fingerprint density at radius 2 is 2.12 bits per heavy atom. The number of aryl methyl sites for hydroxylation is 1. The van der Waals surface area contributed by atoms with Crippen molar-refractivity contribution < 1.29 is 9.53 Å². The molecular formula is C19H22N4O2. The van der Waals surface area contributed by atoms with Gasteiger partial charge < -0.3 is 15.0 Å². The Bertz CT molecular complexity index is 742. The van der Waals surface area contributed by atoms with Gasteiger partial charge in [-0.25, -0.2) is 4.98 Å². The van der Waals surface area contributed by atoms with E-state index in [1.807, 2.05) is 18.2 Å². The van der Waals surface area contributed by atoms with Crippen LogP contribution in [0.3, 0.4) is 0 Å². The van der Waals surface area contributed by atoms with E-state index in [-0.39, 0.29) is 11.9 Å². The number of amides is 1. The van der Waals surface area contributed by atoms with Crippen LogP contribution in [0, 0.1) is 0 Å². The van der Waals surface area contributed by atoms with Crippen molar-refractivity contribution >= 4 is 11.7 Å². The van der Waals surface area contributed by atoms with Gasteiger partial charge >= 0.3 is 0 Å². The third kappa shape index (κ3) is 3.57. The van der Waals surface area contributed by atoms with Crippen molar-refractivity contribution in [2.75, 3.05) is 24.6 Å². The molecule has 0 spiro atoms. The highest BCUT2D eigenvalue weighted by Gasteiger charge is 2.22. The molecule has 6 heteroatoms. The van der Waals surface area contributed by atoms with E-state index in [0.29, 0.717) is 0 Å². The van der Waals surface area contributed by atoms with Gasteiger partial charge in [0.2, 0.25) is 0 Å². The zero-order chi connectivity index (χ0) is 17.1. The van der Waals surface area contributed by atoms with Gasteiger partial charge in [-0.3, -0.25) is 9.78 Å². The molecular weight excluding hydrogens is 316 g/mol. The molecule has 0 atom stereocenters. The number of nitrogens with one attached hydrogen (secondary N) is 1. The molecule has 1 aromatic heterocycles. The van der Waals surface area contributed by atoms with Crippen LogP contribution >= 0.6 is 0 Å². The average molecular weight is 338 g/mol. The third-order valence-electron chi connectivity index (χ3n) is 4.87. The lowest BCUT2D eigenvalue weighted by Crippen LogP contribution is -2.45. The highest BCUT2D eigenvalue weighted by Crippen LogP contribution is 2.25. The summed E-state index contributed by atoms with van der Waals surface area (Å²) in [6, 6.07) is 5.94. The van der Waals surface area contributed by atoms with E-state index in [1.165, 1.54) is 0 Å². The standard InChI is InChI=1S/C19H22N4O2/c24-19(15-3-4-17-14(12-15)2-1-11-25-17)22-16-5-9-23(10-6-16)18-13-20-7-8-21-18/h3-4,7-8,12-13,16H,1-2,5-6,9-11H2,(H,22,24). The van der Waals surface area contributed by atoms with Crippen molar-refractivity contribution in [1.29, 1.82) is 0 Å². The number of fused-ring (bicyclic) bond motifs is 1. The van der Waals surface area contributed by atoms with Gasteiger partial charge in [-0.05, 0) is 49.4 Å². The molecule has 2 aliphatic heterocycles. The summed E-state index contributed by atoms with van der Waals surface area (Å²) in [5.74, 6) is 1.83. The Morgan fingerprint density at radius 1 is 1.24 bits per heavy atom. The minimum absolute atomic E-state index is 0.00586. The summed E-state index contributed by atoms with van der Waals surface area (Å²) in [6.07, 6.45) is 9.00. The van der Waals surface area contributed by atoms with Gasteiger partial charge in [0.25, 0.3) is 5.91 Å². The van der Waals surface area contributed by atoms with Crippen LogP contribution in [0.1, 0.15) is 35.2 Å². The zero-order valence-corrected chi connectivity index (χ0v) is 14.1. The van der Waals surface area contributed by atoms with E-state index in [2.05, 4.69) is 20.2 Å². The molecule has 6 nitrogen and oxygen atoms in total. The minimum atomic E-state index is 0.00586. The van der Waals surface area contributed by atoms with Crippen molar-refractivity contribution in [3.8, 4) is 5.75 Å². The number of hydrogen-bond acceptors (Lipinski definition) is 5. The number of rotatable bonds is 3. The van der Waals surface area contributed by atoms with Crippen LogP contribution in [-0.2, 0) is 6.42 Å². The number of benzene rings is 1. The number of piperidine rings is 1. The van der Waals surface area contributed by atoms with Crippen LogP contribution in [0.15, 0.2) is 36.8 Å². The summed E-state index contributed by atoms with van der Waals surface area (Å²) >= 11 is 0. The second kappa shape index (κ2) is 7.09. The Balaban J connectivity index is 1.35. The molecule has 0 aliphatic carbocycles. The normalized spacial score (nSPS) is 17.5. The first-order valence-corrected chi connectivity index (χ1v) is 8.87. The molecule has 1 aromatic carbocycles. The monoisotopic (exact) mass is 338 g/mol. The van der Waals surface area contributed by atoms with E-state index >= 15 is 0 Å². The number of anilines is 1. The van der Waals surface area contributed by atoms with Crippen molar-refractivity contribution in [2.24, 2.45) is 0 Å². The molecule has 1 N–H and O–H groups in total. The predicted molar refractivity (Wildman–Crippen MR) is 95.0 cm³/mol. The summed E-state index contributed by atoms with van der Waals surface area (Å²) in [5.41, 5.74) is 1.86. The van der Waals surface area contributed by atoms with Crippen molar-refractivity contribution in [2.45, 2.75) is 31.7 Å². The maximum atomic E-state index is 12.6. The first kappa shape index (κ1) is 15.9. The minimum Gasteiger partial charge on any atom is -0.493 e. The zero-order valence-electron chi connectivity index (χ0n) is 14.1. The molecule has 0 radical (unpaired) electrons. The van der Waals surface area contributed by atoms with Gasteiger partial charge in [0.05, 0.1) is 12.8 Å². The van der Waals surface area contributed by atoms with Gasteiger partial charge in [-0.1, -0.05) is 0 Å². The fraction of sp³-hybridized carbons (Fsp3) is 0.421. The van der Waals surface area contributed by atoms with Gasteiger partial charge in [0.15, 0.2) is 0 Å². The van der Waals surface area contributed by atoms with Gasteiger partial charge in [-0.2, -0.15) is 0 Å². The maximum absolute atomic E-state index is 12.6. The van der Waals surface area contributed by atoms with Crippen LogP contribution in [0.5, 0.6) is 5.75 Å². The quantitative estimate of drug-likeness (QED) is 0.929. The molecule has 0 saturated carbocycles. The molecule has 1 fully saturated rings. The lowest BCUT2D eigenvalue weighted by molar-refractivity contribution is 0.0931. The van der Waals surface area contributed by atoms with E-state index in [4.69, 9.17) is 4.74 Å². The van der Waals surface area contributed by atoms with E-state index in [0.717, 1.165) is 68.1 Å². The highest BCUT2D eigenvalue weighted by molar-refractivity contribution is 5.94. The number of ether oxygens (including phenoxy) is 1. The van der Waals surface area contributed by atoms with Crippen LogP contribution in [0.4, 0.5) is 5.82 Å². The molecule has 1 amide bonds. The summed E-state index contributed by atoms with van der Waals surface area (Å²) in [5, 5.41) is 3.17. The summed E-state index contributed by atoms with van der Waals surface area (Å²) in [7, 11) is 0. The van der Waals surface area contributed by atoms with Crippen molar-refractivity contribution in [3.05, 3.63) is 47.9 Å². The molecule has 130 valence electrons. The van der Waals surface area contributed by atoms with Crippen LogP contribution in [-0.4, -0.2) is 41.6 Å². The Labute approximate surface area is 147 Å². The summed E-state index contributed by atoms with van der Waals surface area (Å²) in [4.78, 5) is 23.2. The van der Waals surface area contributed by atoms with Crippen LogP contribution in [0.25, 0.3) is 0 Å². The Hall–Kier alpha value is -2.63.